The smallest absolute Gasteiger partial charge is 1.00 e. The third-order valence-electron chi connectivity index (χ3n) is 5.46. The van der Waals surface area contributed by atoms with Gasteiger partial charge in [-0.05, 0) is 71.4 Å². The van der Waals surface area contributed by atoms with Crippen LogP contribution in [0, 0.1) is 6.92 Å². The first-order valence-corrected chi connectivity index (χ1v) is 12.7. The summed E-state index contributed by atoms with van der Waals surface area (Å²) in [6.07, 6.45) is 2.26. The molecule has 0 radical (unpaired) electrons. The van der Waals surface area contributed by atoms with Gasteiger partial charge in [-0.25, -0.2) is 4.79 Å². The fraction of sp³-hybridized carbons (Fsp3) is 0.259. The first-order valence-electron chi connectivity index (χ1n) is 10.9. The van der Waals surface area contributed by atoms with E-state index in [0.29, 0.717) is 36.0 Å². The fourth-order valence-corrected chi connectivity index (χ4v) is 4.26. The van der Waals surface area contributed by atoms with Crippen molar-refractivity contribution in [3.05, 3.63) is 94.0 Å². The minimum Gasteiger partial charge on any atom is -1.00 e. The second kappa shape index (κ2) is 14.4. The Kier molecular flexibility index (Phi) is 11.9. The molecule has 180 valence electrons. The van der Waals surface area contributed by atoms with Crippen LogP contribution in [0.15, 0.2) is 66.7 Å². The molecule has 1 amide bonds. The van der Waals surface area contributed by atoms with Crippen LogP contribution in [-0.4, -0.2) is 35.0 Å². The molecule has 0 aliphatic carbocycles. The Labute approximate surface area is 229 Å². The molecule has 8 heteroatoms. The van der Waals surface area contributed by atoms with Crippen LogP contribution in [0.4, 0.5) is 0 Å². The number of thioether (sulfide) groups is 1. The summed E-state index contributed by atoms with van der Waals surface area (Å²) >= 11 is 7.76. The number of carbonyl (C=O) groups excluding carboxylic acids is 1. The maximum Gasteiger partial charge on any atom is 1.00 e. The first-order chi connectivity index (χ1) is 16.4. The van der Waals surface area contributed by atoms with Crippen molar-refractivity contribution < 1.29 is 39.7 Å². The zero-order chi connectivity index (χ0) is 24.5. The monoisotopic (exact) mass is 505 g/mol. The van der Waals surface area contributed by atoms with E-state index in [9.17, 15) is 14.7 Å². The zero-order valence-electron chi connectivity index (χ0n) is 21.2. The molecule has 3 aromatic carbocycles. The largest absolute Gasteiger partial charge is 1.00 e. The summed E-state index contributed by atoms with van der Waals surface area (Å²) < 4.78 is 5.88. The second-order valence-electron chi connectivity index (χ2n) is 7.92. The number of amides is 1. The number of rotatable bonds is 11. The van der Waals surface area contributed by atoms with Crippen LogP contribution in [-0.2, 0) is 22.7 Å². The molecular weight excluding hydrogens is 477 g/mol. The van der Waals surface area contributed by atoms with Gasteiger partial charge in [-0.2, -0.15) is 11.8 Å². The molecule has 0 heterocycles. The Bertz CT molecular complexity index is 1160. The summed E-state index contributed by atoms with van der Waals surface area (Å²) in [5.41, 5.74) is 4.91. The standard InChI is InChI=1S/C27H28ClNO4S.Li.H/c1-18-7-3-5-9-21(18)23-15-19(16-33-17-20-8-4-6-10-24(20)28)11-12-22(23)26(30)29-25(27(31)32)13-14-34-2;;/h3-12,15,25H,13-14,16-17H2,1-2H3,(H,29,30)(H,31,32);;/q;+1;-1/t25-;;/m0../s1. The molecular formula is C27H29ClLiNO4S. The predicted molar refractivity (Wildman–Crippen MR) is 140 cm³/mol. The van der Waals surface area contributed by atoms with Gasteiger partial charge in [0.15, 0.2) is 0 Å². The summed E-state index contributed by atoms with van der Waals surface area (Å²) in [6.45, 7) is 2.70. The summed E-state index contributed by atoms with van der Waals surface area (Å²) in [5.74, 6) is -0.802. The van der Waals surface area contributed by atoms with Crippen LogP contribution in [0.5, 0.6) is 0 Å². The number of hydrogen-bond acceptors (Lipinski definition) is 4. The van der Waals surface area contributed by atoms with Crippen molar-refractivity contribution in [2.24, 2.45) is 0 Å². The number of benzene rings is 3. The van der Waals surface area contributed by atoms with Gasteiger partial charge in [-0.3, -0.25) is 4.79 Å². The van der Waals surface area contributed by atoms with E-state index in [1.807, 2.05) is 73.8 Å². The molecule has 0 unspecified atom stereocenters. The van der Waals surface area contributed by atoms with E-state index < -0.39 is 17.9 Å². The number of nitrogens with one attached hydrogen (secondary N) is 1. The van der Waals surface area contributed by atoms with Gasteiger partial charge in [0.05, 0.1) is 13.2 Å². The molecule has 0 fully saturated rings. The Morgan fingerprint density at radius 3 is 2.46 bits per heavy atom. The summed E-state index contributed by atoms with van der Waals surface area (Å²) in [6, 6.07) is 19.9. The van der Waals surface area contributed by atoms with Gasteiger partial charge in [-0.1, -0.05) is 60.1 Å². The van der Waals surface area contributed by atoms with Crippen molar-refractivity contribution in [2.45, 2.75) is 32.6 Å². The Balaban J connectivity index is 0.00000324. The van der Waals surface area contributed by atoms with Gasteiger partial charge in [-0.15, -0.1) is 0 Å². The number of hydrogen-bond donors (Lipinski definition) is 2. The molecule has 0 aliphatic rings. The van der Waals surface area contributed by atoms with Crippen LogP contribution < -0.4 is 24.2 Å². The third kappa shape index (κ3) is 8.17. The van der Waals surface area contributed by atoms with Crippen molar-refractivity contribution in [3.8, 4) is 11.1 Å². The average Bonchev–Trinajstić information content (AvgIpc) is 2.83. The number of aliphatic carboxylic acids is 1. The number of carboxylic acid groups (broad SMARTS) is 1. The van der Waals surface area contributed by atoms with Gasteiger partial charge in [0, 0.05) is 10.6 Å². The quantitative estimate of drug-likeness (QED) is 0.392. The maximum absolute atomic E-state index is 13.1. The van der Waals surface area contributed by atoms with Crippen LogP contribution >= 0.6 is 23.4 Å². The summed E-state index contributed by atoms with van der Waals surface area (Å²) in [5, 5.41) is 12.9. The molecule has 2 N–H and O–H groups in total. The minimum absolute atomic E-state index is 0. The van der Waals surface area contributed by atoms with Crippen molar-refractivity contribution in [1.82, 2.24) is 5.32 Å². The van der Waals surface area contributed by atoms with Gasteiger partial charge in [0.2, 0.25) is 0 Å². The molecule has 1 atom stereocenters. The fourth-order valence-electron chi connectivity index (χ4n) is 3.60. The first kappa shape index (κ1) is 29.0. The van der Waals surface area contributed by atoms with Crippen LogP contribution in [0.1, 0.15) is 34.9 Å². The number of aryl methyl sites for hydroxylation is 1. The number of carbonyl (C=O) groups is 2. The number of carboxylic acids is 1. The van der Waals surface area contributed by atoms with Crippen molar-refractivity contribution in [1.29, 1.82) is 0 Å². The molecule has 0 spiro atoms. The van der Waals surface area contributed by atoms with Crippen LogP contribution in [0.3, 0.4) is 0 Å². The zero-order valence-corrected chi connectivity index (χ0v) is 21.8. The second-order valence-corrected chi connectivity index (χ2v) is 9.32. The minimum atomic E-state index is -1.04. The molecule has 35 heavy (non-hydrogen) atoms. The Hall–Kier alpha value is -2.20. The van der Waals surface area contributed by atoms with E-state index in [1.54, 1.807) is 17.8 Å². The normalized spacial score (nSPS) is 11.4. The maximum atomic E-state index is 13.1. The van der Waals surface area contributed by atoms with Crippen molar-refractivity contribution >= 4 is 35.2 Å². The molecule has 0 aliphatic heterocycles. The number of halogens is 1. The van der Waals surface area contributed by atoms with Gasteiger partial charge >= 0.3 is 24.8 Å². The molecule has 3 aromatic rings. The van der Waals surface area contributed by atoms with Crippen LogP contribution in [0.25, 0.3) is 11.1 Å². The predicted octanol–water partition coefficient (Wildman–Crippen LogP) is 3.08. The molecule has 0 bridgehead atoms. The van der Waals surface area contributed by atoms with Crippen molar-refractivity contribution in [2.75, 3.05) is 12.0 Å². The van der Waals surface area contributed by atoms with E-state index in [4.69, 9.17) is 16.3 Å². The molecule has 0 aromatic heterocycles. The SMILES string of the molecule is CSCC[C@H](NC(=O)c1ccc(COCc2ccccc2Cl)cc1-c1ccccc1C)C(=O)O.[H-].[Li+]. The van der Waals surface area contributed by atoms with E-state index in [2.05, 4.69) is 5.32 Å². The van der Waals surface area contributed by atoms with E-state index in [0.717, 1.165) is 27.8 Å². The summed E-state index contributed by atoms with van der Waals surface area (Å²) in [4.78, 5) is 24.8. The van der Waals surface area contributed by atoms with E-state index >= 15 is 0 Å². The molecule has 0 saturated carbocycles. The van der Waals surface area contributed by atoms with Crippen molar-refractivity contribution in [3.63, 3.8) is 0 Å². The van der Waals surface area contributed by atoms with E-state index in [-0.39, 0.29) is 20.3 Å². The molecule has 0 saturated heterocycles. The van der Waals surface area contributed by atoms with Gasteiger partial charge in [0.25, 0.3) is 5.91 Å². The number of ether oxygens (including phenoxy) is 1. The Morgan fingerprint density at radius 2 is 1.77 bits per heavy atom. The molecule has 5 nitrogen and oxygen atoms in total. The van der Waals surface area contributed by atoms with Gasteiger partial charge < -0.3 is 16.6 Å². The molecule has 3 rings (SSSR count). The topological polar surface area (TPSA) is 75.6 Å². The average molecular weight is 506 g/mol. The Morgan fingerprint density at radius 1 is 1.06 bits per heavy atom. The summed E-state index contributed by atoms with van der Waals surface area (Å²) in [7, 11) is 0. The van der Waals surface area contributed by atoms with Gasteiger partial charge in [0.1, 0.15) is 6.04 Å². The van der Waals surface area contributed by atoms with E-state index in [1.165, 1.54) is 0 Å². The third-order valence-corrected chi connectivity index (χ3v) is 6.47. The van der Waals surface area contributed by atoms with Crippen LogP contribution in [0.2, 0.25) is 5.02 Å².